The molecule has 1 unspecified atom stereocenters. The number of ether oxygens (including phenoxy) is 1. The van der Waals surface area contributed by atoms with Crippen molar-refractivity contribution in [3.05, 3.63) is 81.5 Å². The van der Waals surface area contributed by atoms with Crippen molar-refractivity contribution in [3.63, 3.8) is 0 Å². The molecule has 4 rings (SSSR count). The Morgan fingerprint density at radius 3 is 2.21 bits per heavy atom. The van der Waals surface area contributed by atoms with Crippen molar-refractivity contribution in [1.29, 1.82) is 0 Å². The number of fused-ring (bicyclic) bond motifs is 3. The number of carboxylic acid groups (broad SMARTS) is 1. The molecule has 0 saturated heterocycles. The normalized spacial score (nSPS) is 13.0. The van der Waals surface area contributed by atoms with Crippen LogP contribution >= 0.6 is 11.3 Å². The summed E-state index contributed by atoms with van der Waals surface area (Å²) >= 11 is 1.56. The molecule has 1 atom stereocenters. The molecule has 0 aliphatic heterocycles. The molecule has 8 heteroatoms. The molecule has 0 fully saturated rings. The second-order valence-corrected chi connectivity index (χ2v) is 9.70. The van der Waals surface area contributed by atoms with Gasteiger partial charge in [-0.2, -0.15) is 0 Å². The van der Waals surface area contributed by atoms with Crippen molar-refractivity contribution in [2.75, 3.05) is 13.7 Å². The summed E-state index contributed by atoms with van der Waals surface area (Å²) in [4.78, 5) is 40.4. The number of alkyl carbamates (subject to hydrolysis) is 1. The molecule has 1 aliphatic carbocycles. The number of hydrogen-bond donors (Lipinski definition) is 2. The average Bonchev–Trinajstić information content (AvgIpc) is 3.37. The molecule has 0 spiro atoms. The summed E-state index contributed by atoms with van der Waals surface area (Å²) in [6.45, 7) is 2.39. The monoisotopic (exact) mass is 478 g/mol. The Hall–Kier alpha value is -3.65. The predicted molar refractivity (Wildman–Crippen MR) is 130 cm³/mol. The Labute approximate surface area is 202 Å². The van der Waals surface area contributed by atoms with Gasteiger partial charge in [0.15, 0.2) is 0 Å². The summed E-state index contributed by atoms with van der Waals surface area (Å²) in [6.07, 6.45) is -1.35. The predicted octanol–water partition coefficient (Wildman–Crippen LogP) is 4.40. The molecule has 1 aliphatic rings. The third kappa shape index (κ3) is 5.12. The van der Waals surface area contributed by atoms with E-state index in [1.54, 1.807) is 18.4 Å². The van der Waals surface area contributed by atoms with E-state index in [-0.39, 0.29) is 12.5 Å². The van der Waals surface area contributed by atoms with Crippen LogP contribution in [0.5, 0.6) is 0 Å². The van der Waals surface area contributed by atoms with E-state index in [2.05, 4.69) is 5.32 Å². The number of carbonyl (C=O) groups excluding carboxylic acids is 2. The number of likely N-dealkylation sites (N-methyl/N-ethyl adjacent to an activating group) is 1. The van der Waals surface area contributed by atoms with Gasteiger partial charge >= 0.3 is 12.1 Å². The van der Waals surface area contributed by atoms with Crippen LogP contribution in [0.1, 0.15) is 33.2 Å². The zero-order chi connectivity index (χ0) is 24.2. The summed E-state index contributed by atoms with van der Waals surface area (Å²) < 4.78 is 5.49. The standard InChI is InChI=1S/C26H26N2O5S/c1-16-11-12-17(34-16)14-28(2)25(31)23(13-24(29)30)27-26(32)33-15-22-20-9-5-3-7-18(20)19-8-4-6-10-21(19)22/h3-12,22-23H,13-15H2,1-2H3,(H,27,32)(H,29,30). The van der Waals surface area contributed by atoms with Gasteiger partial charge in [-0.05, 0) is 41.3 Å². The van der Waals surface area contributed by atoms with E-state index in [4.69, 9.17) is 4.74 Å². The molecule has 0 saturated carbocycles. The maximum Gasteiger partial charge on any atom is 0.407 e. The van der Waals surface area contributed by atoms with Gasteiger partial charge < -0.3 is 20.1 Å². The molecule has 1 heterocycles. The van der Waals surface area contributed by atoms with Crippen molar-refractivity contribution < 1.29 is 24.2 Å². The Balaban J connectivity index is 1.41. The molecule has 0 bridgehead atoms. The van der Waals surface area contributed by atoms with Gasteiger partial charge in [0.2, 0.25) is 5.91 Å². The summed E-state index contributed by atoms with van der Waals surface area (Å²) in [6, 6.07) is 18.6. The van der Waals surface area contributed by atoms with Gasteiger partial charge in [-0.15, -0.1) is 11.3 Å². The first kappa shape index (κ1) is 23.5. The zero-order valence-corrected chi connectivity index (χ0v) is 19.8. The molecular formula is C26H26N2O5S. The Bertz CT molecular complexity index is 1180. The minimum Gasteiger partial charge on any atom is -0.481 e. The topological polar surface area (TPSA) is 95.9 Å². The highest BCUT2D eigenvalue weighted by molar-refractivity contribution is 7.11. The van der Waals surface area contributed by atoms with Crippen LogP contribution in [0.4, 0.5) is 4.79 Å². The Kier molecular flexibility index (Phi) is 6.98. The van der Waals surface area contributed by atoms with E-state index in [1.807, 2.05) is 67.6 Å². The molecule has 0 radical (unpaired) electrons. The number of nitrogens with zero attached hydrogens (tertiary/aromatic N) is 1. The highest BCUT2D eigenvalue weighted by atomic mass is 32.1. The fourth-order valence-electron chi connectivity index (χ4n) is 4.30. The number of aryl methyl sites for hydroxylation is 1. The van der Waals surface area contributed by atoms with Gasteiger partial charge in [-0.25, -0.2) is 4.79 Å². The summed E-state index contributed by atoms with van der Waals surface area (Å²) in [5.41, 5.74) is 4.36. The molecule has 176 valence electrons. The van der Waals surface area contributed by atoms with Crippen LogP contribution < -0.4 is 5.32 Å². The number of benzene rings is 2. The summed E-state index contributed by atoms with van der Waals surface area (Å²) in [5.74, 6) is -1.80. The van der Waals surface area contributed by atoms with E-state index in [0.717, 1.165) is 32.0 Å². The molecule has 2 N–H and O–H groups in total. The quantitative estimate of drug-likeness (QED) is 0.500. The maximum atomic E-state index is 12.9. The second kappa shape index (κ2) is 10.1. The molecule has 7 nitrogen and oxygen atoms in total. The number of aliphatic carboxylic acids is 1. The molecule has 2 amide bonds. The first-order chi connectivity index (χ1) is 16.3. The van der Waals surface area contributed by atoms with E-state index < -0.39 is 30.4 Å². The van der Waals surface area contributed by atoms with Crippen LogP contribution in [-0.4, -0.2) is 47.7 Å². The lowest BCUT2D eigenvalue weighted by Crippen LogP contribution is -2.48. The number of carboxylic acids is 1. The molecule has 3 aromatic rings. The lowest BCUT2D eigenvalue weighted by Gasteiger charge is -2.23. The summed E-state index contributed by atoms with van der Waals surface area (Å²) in [5, 5.41) is 11.7. The third-order valence-electron chi connectivity index (χ3n) is 5.88. The van der Waals surface area contributed by atoms with Crippen molar-refractivity contribution in [3.8, 4) is 11.1 Å². The SMILES string of the molecule is Cc1ccc(CN(C)C(=O)C(CC(=O)O)NC(=O)OCC2c3ccccc3-c3ccccc32)s1. The summed E-state index contributed by atoms with van der Waals surface area (Å²) in [7, 11) is 1.59. The van der Waals surface area contributed by atoms with Gasteiger partial charge in [0.05, 0.1) is 13.0 Å². The van der Waals surface area contributed by atoms with Crippen LogP contribution in [0.3, 0.4) is 0 Å². The highest BCUT2D eigenvalue weighted by Gasteiger charge is 2.31. The van der Waals surface area contributed by atoms with E-state index >= 15 is 0 Å². The lowest BCUT2D eigenvalue weighted by molar-refractivity contribution is -0.142. The van der Waals surface area contributed by atoms with Crippen LogP contribution in [-0.2, 0) is 20.9 Å². The zero-order valence-electron chi connectivity index (χ0n) is 19.0. The van der Waals surface area contributed by atoms with Crippen molar-refractivity contribution in [2.24, 2.45) is 0 Å². The number of carbonyl (C=O) groups is 3. The van der Waals surface area contributed by atoms with E-state index in [1.165, 1.54) is 4.90 Å². The fraction of sp³-hybridized carbons (Fsp3) is 0.269. The lowest BCUT2D eigenvalue weighted by atomic mass is 9.98. The molecular weight excluding hydrogens is 452 g/mol. The third-order valence-corrected chi connectivity index (χ3v) is 6.86. The first-order valence-electron chi connectivity index (χ1n) is 11.0. The maximum absolute atomic E-state index is 12.9. The van der Waals surface area contributed by atoms with E-state index in [0.29, 0.717) is 6.54 Å². The van der Waals surface area contributed by atoms with Crippen LogP contribution in [0.25, 0.3) is 11.1 Å². The van der Waals surface area contributed by atoms with Crippen molar-refractivity contribution >= 4 is 29.3 Å². The van der Waals surface area contributed by atoms with Gasteiger partial charge in [-0.1, -0.05) is 48.5 Å². The van der Waals surface area contributed by atoms with Gasteiger partial charge in [0.25, 0.3) is 0 Å². The average molecular weight is 479 g/mol. The first-order valence-corrected chi connectivity index (χ1v) is 11.8. The van der Waals surface area contributed by atoms with Gasteiger partial charge in [0, 0.05) is 22.7 Å². The fourth-order valence-corrected chi connectivity index (χ4v) is 5.25. The minimum atomic E-state index is -1.22. The Morgan fingerprint density at radius 2 is 1.65 bits per heavy atom. The molecule has 1 aromatic heterocycles. The van der Waals surface area contributed by atoms with Gasteiger partial charge in [-0.3, -0.25) is 9.59 Å². The van der Waals surface area contributed by atoms with Crippen LogP contribution in [0.15, 0.2) is 60.7 Å². The smallest absolute Gasteiger partial charge is 0.407 e. The number of amides is 2. The molecule has 2 aromatic carbocycles. The number of rotatable bonds is 8. The second-order valence-electron chi connectivity index (χ2n) is 8.33. The number of nitrogens with one attached hydrogen (secondary N) is 1. The minimum absolute atomic E-state index is 0.0815. The van der Waals surface area contributed by atoms with Gasteiger partial charge in [0.1, 0.15) is 12.6 Å². The van der Waals surface area contributed by atoms with E-state index in [9.17, 15) is 19.5 Å². The van der Waals surface area contributed by atoms with Crippen molar-refractivity contribution in [1.82, 2.24) is 10.2 Å². The van der Waals surface area contributed by atoms with Crippen LogP contribution in [0, 0.1) is 6.92 Å². The van der Waals surface area contributed by atoms with Crippen LogP contribution in [0.2, 0.25) is 0 Å². The largest absolute Gasteiger partial charge is 0.481 e. The van der Waals surface area contributed by atoms with Crippen molar-refractivity contribution in [2.45, 2.75) is 31.8 Å². The molecule has 34 heavy (non-hydrogen) atoms. The number of thiophene rings is 1. The highest BCUT2D eigenvalue weighted by Crippen LogP contribution is 2.44. The Morgan fingerprint density at radius 1 is 1.03 bits per heavy atom. The number of hydrogen-bond acceptors (Lipinski definition) is 5.